The van der Waals surface area contributed by atoms with E-state index >= 15 is 0 Å². The molecule has 1 heterocycles. The van der Waals surface area contributed by atoms with Crippen LogP contribution in [0.1, 0.15) is 39.5 Å². The van der Waals surface area contributed by atoms with Crippen LogP contribution in [0.25, 0.3) is 0 Å². The molecule has 1 aliphatic carbocycles. The van der Waals surface area contributed by atoms with Gasteiger partial charge in [-0.05, 0) is 31.6 Å². The molecule has 106 valence electrons. The zero-order chi connectivity index (χ0) is 14.0. The van der Waals surface area contributed by atoms with Gasteiger partial charge in [0.15, 0.2) is 0 Å². The zero-order valence-electron chi connectivity index (χ0n) is 11.6. The van der Waals surface area contributed by atoms with E-state index in [-0.39, 0.29) is 5.82 Å². The Morgan fingerprint density at radius 3 is 2.58 bits per heavy atom. The van der Waals surface area contributed by atoms with Crippen molar-refractivity contribution >= 4 is 11.5 Å². The second-order valence-electron chi connectivity index (χ2n) is 5.37. The van der Waals surface area contributed by atoms with E-state index in [1.165, 1.54) is 17.4 Å². The van der Waals surface area contributed by atoms with E-state index in [1.807, 2.05) is 6.92 Å². The Hall–Kier alpha value is -1.72. The maximum atomic E-state index is 11.8. The number of aromatic nitrogens is 2. The molecule has 6 heteroatoms. The summed E-state index contributed by atoms with van der Waals surface area (Å²) in [6.07, 6.45) is 4.69. The predicted octanol–water partition coefficient (Wildman–Crippen LogP) is 1.13. The van der Waals surface area contributed by atoms with Crippen LogP contribution in [0.5, 0.6) is 0 Å². The third kappa shape index (κ3) is 2.67. The lowest BCUT2D eigenvalue weighted by molar-refractivity contribution is 0.485. The Balaban J connectivity index is 2.21. The van der Waals surface area contributed by atoms with Gasteiger partial charge in [0.25, 0.3) is 5.56 Å². The quantitative estimate of drug-likeness (QED) is 0.719. The van der Waals surface area contributed by atoms with Crippen LogP contribution in [0.4, 0.5) is 11.5 Å². The predicted molar refractivity (Wildman–Crippen MR) is 76.5 cm³/mol. The highest BCUT2D eigenvalue weighted by Crippen LogP contribution is 2.49. The molecule has 2 rings (SSSR count). The van der Waals surface area contributed by atoms with Gasteiger partial charge in [0.05, 0.1) is 0 Å². The molecule has 4 N–H and O–H groups in total. The first-order chi connectivity index (χ1) is 9.03. The number of nitrogens with one attached hydrogen (secondary N) is 2. The summed E-state index contributed by atoms with van der Waals surface area (Å²) in [5, 5.41) is 3.14. The third-order valence-electron chi connectivity index (χ3n) is 3.93. The van der Waals surface area contributed by atoms with Crippen molar-refractivity contribution in [1.82, 2.24) is 9.55 Å². The van der Waals surface area contributed by atoms with Crippen LogP contribution in [0, 0.1) is 5.41 Å². The second-order valence-corrected chi connectivity index (χ2v) is 5.37. The van der Waals surface area contributed by atoms with Gasteiger partial charge in [0.2, 0.25) is 0 Å². The Kier molecular flexibility index (Phi) is 3.68. The summed E-state index contributed by atoms with van der Waals surface area (Å²) in [5.41, 5.74) is 5.66. The molecule has 19 heavy (non-hydrogen) atoms. The SMILES string of the molecule is CCCC1(CNc2c(N)n(CC)c(=O)[nH]c2=O)CC1. The van der Waals surface area contributed by atoms with Crippen LogP contribution in [0.3, 0.4) is 0 Å². The average molecular weight is 266 g/mol. The number of rotatable bonds is 6. The molecule has 0 bridgehead atoms. The second kappa shape index (κ2) is 5.11. The summed E-state index contributed by atoms with van der Waals surface area (Å²) in [4.78, 5) is 25.7. The smallest absolute Gasteiger partial charge is 0.330 e. The van der Waals surface area contributed by atoms with E-state index in [1.54, 1.807) is 0 Å². The summed E-state index contributed by atoms with van der Waals surface area (Å²) in [5.74, 6) is 0.226. The van der Waals surface area contributed by atoms with E-state index in [0.717, 1.165) is 19.4 Å². The Morgan fingerprint density at radius 1 is 1.37 bits per heavy atom. The van der Waals surface area contributed by atoms with Gasteiger partial charge in [-0.15, -0.1) is 0 Å². The van der Waals surface area contributed by atoms with Crippen LogP contribution < -0.4 is 22.3 Å². The van der Waals surface area contributed by atoms with Gasteiger partial charge < -0.3 is 11.1 Å². The number of hydrogen-bond acceptors (Lipinski definition) is 4. The van der Waals surface area contributed by atoms with Gasteiger partial charge in [0.1, 0.15) is 11.5 Å². The largest absolute Gasteiger partial charge is 0.383 e. The highest BCUT2D eigenvalue weighted by Gasteiger charge is 2.41. The van der Waals surface area contributed by atoms with Gasteiger partial charge in [-0.25, -0.2) is 4.79 Å². The Labute approximate surface area is 112 Å². The number of nitrogen functional groups attached to an aromatic ring is 1. The standard InChI is InChI=1S/C13H22N4O2/c1-3-5-13(6-7-13)8-15-9-10(14)17(4-2)12(19)16-11(9)18/h15H,3-8,14H2,1-2H3,(H,16,18,19). The molecule has 1 aliphatic rings. The lowest BCUT2D eigenvalue weighted by atomic mass is 10.0. The van der Waals surface area contributed by atoms with Gasteiger partial charge in [-0.2, -0.15) is 0 Å². The van der Waals surface area contributed by atoms with Crippen LogP contribution in [0.15, 0.2) is 9.59 Å². The summed E-state index contributed by atoms with van der Waals surface area (Å²) < 4.78 is 1.36. The fourth-order valence-electron chi connectivity index (χ4n) is 2.57. The van der Waals surface area contributed by atoms with Crippen molar-refractivity contribution in [2.24, 2.45) is 5.41 Å². The van der Waals surface area contributed by atoms with Gasteiger partial charge in [-0.3, -0.25) is 14.3 Å². The van der Waals surface area contributed by atoms with Crippen LogP contribution in [-0.2, 0) is 6.54 Å². The minimum Gasteiger partial charge on any atom is -0.383 e. The molecule has 1 fully saturated rings. The molecule has 0 radical (unpaired) electrons. The number of nitrogens with two attached hydrogens (primary N) is 1. The number of nitrogens with zero attached hydrogens (tertiary/aromatic N) is 1. The van der Waals surface area contributed by atoms with Crippen molar-refractivity contribution in [2.75, 3.05) is 17.6 Å². The fraction of sp³-hybridized carbons (Fsp3) is 0.692. The monoisotopic (exact) mass is 266 g/mol. The maximum absolute atomic E-state index is 11.8. The average Bonchev–Trinajstić information content (AvgIpc) is 3.09. The highest BCUT2D eigenvalue weighted by atomic mass is 16.2. The first-order valence-electron chi connectivity index (χ1n) is 6.89. The zero-order valence-corrected chi connectivity index (χ0v) is 11.6. The summed E-state index contributed by atoms with van der Waals surface area (Å²) in [6, 6.07) is 0. The van der Waals surface area contributed by atoms with Crippen LogP contribution >= 0.6 is 0 Å². The number of aromatic amines is 1. The molecule has 0 unspecified atom stereocenters. The molecular weight excluding hydrogens is 244 g/mol. The normalized spacial score (nSPS) is 16.3. The number of anilines is 2. The number of hydrogen-bond donors (Lipinski definition) is 3. The van der Waals surface area contributed by atoms with Crippen LogP contribution in [-0.4, -0.2) is 16.1 Å². The lowest BCUT2D eigenvalue weighted by Gasteiger charge is -2.17. The summed E-state index contributed by atoms with van der Waals surface area (Å²) >= 11 is 0. The van der Waals surface area contributed by atoms with Crippen molar-refractivity contribution in [3.05, 3.63) is 20.8 Å². The van der Waals surface area contributed by atoms with Crippen molar-refractivity contribution < 1.29 is 0 Å². The first-order valence-corrected chi connectivity index (χ1v) is 6.89. The maximum Gasteiger partial charge on any atom is 0.330 e. The molecule has 6 nitrogen and oxygen atoms in total. The number of H-pyrrole nitrogens is 1. The Bertz CT molecular complexity index is 569. The molecule has 0 spiro atoms. The molecule has 0 aliphatic heterocycles. The molecule has 0 atom stereocenters. The molecule has 1 saturated carbocycles. The third-order valence-corrected chi connectivity index (χ3v) is 3.93. The molecule has 0 saturated heterocycles. The lowest BCUT2D eigenvalue weighted by Crippen LogP contribution is -2.34. The first kappa shape index (κ1) is 13.7. The van der Waals surface area contributed by atoms with Crippen LogP contribution in [0.2, 0.25) is 0 Å². The topological polar surface area (TPSA) is 92.9 Å². The van der Waals surface area contributed by atoms with E-state index < -0.39 is 11.2 Å². The minimum absolute atomic E-state index is 0.226. The van der Waals surface area contributed by atoms with E-state index in [0.29, 0.717) is 17.6 Å². The van der Waals surface area contributed by atoms with Gasteiger partial charge in [0, 0.05) is 13.1 Å². The van der Waals surface area contributed by atoms with Crippen molar-refractivity contribution in [2.45, 2.75) is 46.1 Å². The Morgan fingerprint density at radius 2 is 2.05 bits per heavy atom. The van der Waals surface area contributed by atoms with Gasteiger partial charge >= 0.3 is 5.69 Å². The fourth-order valence-corrected chi connectivity index (χ4v) is 2.57. The van der Waals surface area contributed by atoms with E-state index in [2.05, 4.69) is 17.2 Å². The molecular formula is C13H22N4O2. The molecule has 1 aromatic rings. The van der Waals surface area contributed by atoms with Crippen molar-refractivity contribution in [1.29, 1.82) is 0 Å². The summed E-state index contributed by atoms with van der Waals surface area (Å²) in [7, 11) is 0. The summed E-state index contributed by atoms with van der Waals surface area (Å²) in [6.45, 7) is 5.17. The van der Waals surface area contributed by atoms with E-state index in [9.17, 15) is 9.59 Å². The molecule has 0 aromatic carbocycles. The van der Waals surface area contributed by atoms with Gasteiger partial charge in [-0.1, -0.05) is 13.3 Å². The van der Waals surface area contributed by atoms with Crippen molar-refractivity contribution in [3.63, 3.8) is 0 Å². The van der Waals surface area contributed by atoms with E-state index in [4.69, 9.17) is 5.73 Å². The van der Waals surface area contributed by atoms with Crippen molar-refractivity contribution in [3.8, 4) is 0 Å². The molecule has 1 aromatic heterocycles. The highest BCUT2D eigenvalue weighted by molar-refractivity contribution is 5.60. The minimum atomic E-state index is -0.453. The molecule has 0 amide bonds.